The van der Waals surface area contributed by atoms with Gasteiger partial charge in [-0.05, 0) is 50.2 Å². The van der Waals surface area contributed by atoms with Gasteiger partial charge in [0.2, 0.25) is 0 Å². The first-order valence-electron chi connectivity index (χ1n) is 7.40. The number of hydrogen-bond donors (Lipinski definition) is 2. The number of H-pyrrole nitrogens is 1. The molecule has 2 atom stereocenters. The van der Waals surface area contributed by atoms with Crippen molar-refractivity contribution in [3.8, 4) is 0 Å². The Morgan fingerprint density at radius 1 is 1.33 bits per heavy atom. The van der Waals surface area contributed by atoms with Crippen LogP contribution < -0.4 is 5.32 Å². The Hall–Kier alpha value is -1.17. The van der Waals surface area contributed by atoms with Crippen LogP contribution in [0.1, 0.15) is 30.1 Å². The second-order valence-corrected chi connectivity index (χ2v) is 6.65. The number of aromatic nitrogens is 2. The van der Waals surface area contributed by atoms with Gasteiger partial charge in [0.15, 0.2) is 0 Å². The molecule has 0 aliphatic carbocycles. The van der Waals surface area contributed by atoms with E-state index in [0.29, 0.717) is 12.1 Å². The van der Waals surface area contributed by atoms with Crippen LogP contribution in [0.3, 0.4) is 0 Å². The molecule has 2 N–H and O–H groups in total. The zero-order valence-corrected chi connectivity index (χ0v) is 13.8. The SMILES string of the molecule is CN1CCC(NCc2ccn[nH]2)CC1c1ccc(Br)cc1. The first-order chi connectivity index (χ1) is 10.2. The molecule has 3 rings (SSSR count). The van der Waals surface area contributed by atoms with E-state index in [1.807, 2.05) is 6.07 Å². The van der Waals surface area contributed by atoms with Crippen LogP contribution in [0, 0.1) is 0 Å². The van der Waals surface area contributed by atoms with Crippen molar-refractivity contribution in [3.63, 3.8) is 0 Å². The van der Waals surface area contributed by atoms with Crippen LogP contribution in [0.4, 0.5) is 0 Å². The number of nitrogens with zero attached hydrogens (tertiary/aromatic N) is 2. The highest BCUT2D eigenvalue weighted by Gasteiger charge is 2.26. The Bertz CT molecular complexity index is 552. The van der Waals surface area contributed by atoms with Crippen LogP contribution in [0.5, 0.6) is 0 Å². The number of nitrogens with one attached hydrogen (secondary N) is 2. The second-order valence-electron chi connectivity index (χ2n) is 5.73. The van der Waals surface area contributed by atoms with E-state index in [0.717, 1.165) is 29.7 Å². The van der Waals surface area contributed by atoms with Gasteiger partial charge in [0.05, 0.1) is 0 Å². The van der Waals surface area contributed by atoms with Gasteiger partial charge in [0, 0.05) is 35.0 Å². The van der Waals surface area contributed by atoms with E-state index in [4.69, 9.17) is 0 Å². The van der Waals surface area contributed by atoms with Crippen LogP contribution in [0.25, 0.3) is 0 Å². The Balaban J connectivity index is 1.62. The fraction of sp³-hybridized carbons (Fsp3) is 0.438. The van der Waals surface area contributed by atoms with Crippen LogP contribution in [0.2, 0.25) is 0 Å². The van der Waals surface area contributed by atoms with E-state index in [9.17, 15) is 0 Å². The van der Waals surface area contributed by atoms with Crippen LogP contribution in [0.15, 0.2) is 41.0 Å². The van der Waals surface area contributed by atoms with Gasteiger partial charge < -0.3 is 5.32 Å². The Morgan fingerprint density at radius 2 is 2.14 bits per heavy atom. The first kappa shape index (κ1) is 14.8. The lowest BCUT2D eigenvalue weighted by Gasteiger charge is -2.37. The average molecular weight is 349 g/mol. The number of rotatable bonds is 4. The van der Waals surface area contributed by atoms with Crippen LogP contribution >= 0.6 is 15.9 Å². The van der Waals surface area contributed by atoms with E-state index in [2.05, 4.69) is 67.7 Å². The van der Waals surface area contributed by atoms with E-state index in [1.54, 1.807) is 6.20 Å². The summed E-state index contributed by atoms with van der Waals surface area (Å²) in [6, 6.07) is 11.8. The molecule has 1 aliphatic rings. The highest BCUT2D eigenvalue weighted by Crippen LogP contribution is 2.30. The normalized spacial score (nSPS) is 23.3. The average Bonchev–Trinajstić information content (AvgIpc) is 3.01. The number of likely N-dealkylation sites (tertiary alicyclic amines) is 1. The summed E-state index contributed by atoms with van der Waals surface area (Å²) in [5.41, 5.74) is 2.54. The molecule has 1 aromatic carbocycles. The molecule has 21 heavy (non-hydrogen) atoms. The molecule has 1 fully saturated rings. The maximum Gasteiger partial charge on any atom is 0.0490 e. The summed E-state index contributed by atoms with van der Waals surface area (Å²) in [5.74, 6) is 0. The molecule has 2 heterocycles. The molecule has 0 radical (unpaired) electrons. The number of benzene rings is 1. The molecule has 0 spiro atoms. The Morgan fingerprint density at radius 3 is 2.86 bits per heavy atom. The van der Waals surface area contributed by atoms with Crippen LogP contribution in [-0.2, 0) is 6.54 Å². The van der Waals surface area contributed by atoms with E-state index in [1.165, 1.54) is 12.0 Å². The molecule has 112 valence electrons. The smallest absolute Gasteiger partial charge is 0.0490 e. The van der Waals surface area contributed by atoms with Crippen molar-refractivity contribution in [2.45, 2.75) is 31.5 Å². The second kappa shape index (κ2) is 6.73. The summed E-state index contributed by atoms with van der Waals surface area (Å²) >= 11 is 3.51. The predicted octanol–water partition coefficient (Wildman–Crippen LogP) is 3.10. The molecule has 1 aliphatic heterocycles. The standard InChI is InChI=1S/C16H21BrN4/c1-21-9-7-14(18-11-15-6-8-19-20-15)10-16(21)12-2-4-13(17)5-3-12/h2-6,8,14,16,18H,7,9-11H2,1H3,(H,19,20). The molecular weight excluding hydrogens is 328 g/mol. The molecule has 5 heteroatoms. The quantitative estimate of drug-likeness (QED) is 0.892. The first-order valence-corrected chi connectivity index (χ1v) is 8.19. The third-order valence-electron chi connectivity index (χ3n) is 4.26. The van der Waals surface area contributed by atoms with Crippen molar-refractivity contribution < 1.29 is 0 Å². The summed E-state index contributed by atoms with van der Waals surface area (Å²) in [5, 5.41) is 10.6. The van der Waals surface area contributed by atoms with E-state index in [-0.39, 0.29) is 0 Å². The van der Waals surface area contributed by atoms with Crippen molar-refractivity contribution in [2.24, 2.45) is 0 Å². The molecule has 0 saturated carbocycles. The topological polar surface area (TPSA) is 44.0 Å². The number of hydrogen-bond acceptors (Lipinski definition) is 3. The van der Waals surface area contributed by atoms with E-state index < -0.39 is 0 Å². The van der Waals surface area contributed by atoms with Gasteiger partial charge in [-0.1, -0.05) is 28.1 Å². The highest BCUT2D eigenvalue weighted by molar-refractivity contribution is 9.10. The van der Waals surface area contributed by atoms with Gasteiger partial charge in [-0.15, -0.1) is 0 Å². The molecule has 2 aromatic rings. The van der Waals surface area contributed by atoms with Gasteiger partial charge in [0.25, 0.3) is 0 Å². The summed E-state index contributed by atoms with van der Waals surface area (Å²) in [4.78, 5) is 2.46. The molecule has 2 unspecified atom stereocenters. The van der Waals surface area contributed by atoms with Gasteiger partial charge in [-0.25, -0.2) is 0 Å². The number of piperidine rings is 1. The molecule has 1 aromatic heterocycles. The summed E-state index contributed by atoms with van der Waals surface area (Å²) in [6.45, 7) is 1.99. The largest absolute Gasteiger partial charge is 0.308 e. The third-order valence-corrected chi connectivity index (χ3v) is 4.79. The molecule has 0 bridgehead atoms. The molecule has 4 nitrogen and oxygen atoms in total. The van der Waals surface area contributed by atoms with Crippen molar-refractivity contribution in [1.29, 1.82) is 0 Å². The summed E-state index contributed by atoms with van der Waals surface area (Å²) in [6.07, 6.45) is 4.14. The minimum Gasteiger partial charge on any atom is -0.308 e. The van der Waals surface area contributed by atoms with Crippen molar-refractivity contribution >= 4 is 15.9 Å². The van der Waals surface area contributed by atoms with Gasteiger partial charge in [0.1, 0.15) is 0 Å². The minimum atomic E-state index is 0.492. The van der Waals surface area contributed by atoms with Crippen molar-refractivity contribution in [2.75, 3.05) is 13.6 Å². The molecule has 1 saturated heterocycles. The number of halogens is 1. The maximum absolute atomic E-state index is 3.99. The number of aromatic amines is 1. The zero-order valence-electron chi connectivity index (χ0n) is 12.2. The highest BCUT2D eigenvalue weighted by atomic mass is 79.9. The van der Waals surface area contributed by atoms with Crippen molar-refractivity contribution in [3.05, 3.63) is 52.3 Å². The van der Waals surface area contributed by atoms with Gasteiger partial charge in [-0.3, -0.25) is 10.00 Å². The minimum absolute atomic E-state index is 0.492. The molecule has 0 amide bonds. The van der Waals surface area contributed by atoms with Gasteiger partial charge >= 0.3 is 0 Å². The zero-order chi connectivity index (χ0) is 14.7. The Kier molecular flexibility index (Phi) is 4.73. The monoisotopic (exact) mass is 348 g/mol. The van der Waals surface area contributed by atoms with Crippen LogP contribution in [-0.4, -0.2) is 34.7 Å². The predicted molar refractivity (Wildman–Crippen MR) is 88.0 cm³/mol. The maximum atomic E-state index is 3.99. The van der Waals surface area contributed by atoms with Crippen molar-refractivity contribution in [1.82, 2.24) is 20.4 Å². The Labute approximate surface area is 134 Å². The lowest BCUT2D eigenvalue weighted by atomic mass is 9.92. The fourth-order valence-electron chi connectivity index (χ4n) is 2.98. The lowest BCUT2D eigenvalue weighted by Crippen LogP contribution is -2.42. The fourth-order valence-corrected chi connectivity index (χ4v) is 3.25. The third kappa shape index (κ3) is 3.73. The molecular formula is C16H21BrN4. The summed E-state index contributed by atoms with van der Waals surface area (Å²) in [7, 11) is 2.22. The van der Waals surface area contributed by atoms with Gasteiger partial charge in [-0.2, -0.15) is 5.10 Å². The lowest BCUT2D eigenvalue weighted by molar-refractivity contribution is 0.156. The summed E-state index contributed by atoms with van der Waals surface area (Å²) < 4.78 is 1.14. The van der Waals surface area contributed by atoms with E-state index >= 15 is 0 Å².